The number of carbonyl (C=O) groups is 1. The fraction of sp³-hybridized carbons (Fsp3) is 0.520. The molecule has 0 saturated carbocycles. The highest BCUT2D eigenvalue weighted by molar-refractivity contribution is 5.68. The first-order chi connectivity index (χ1) is 15.3. The minimum Gasteiger partial charge on any atom is -0.487 e. The van der Waals surface area contributed by atoms with Crippen molar-refractivity contribution in [2.45, 2.75) is 71.3 Å². The van der Waals surface area contributed by atoms with Crippen molar-refractivity contribution in [3.8, 4) is 5.75 Å². The van der Waals surface area contributed by atoms with Crippen molar-refractivity contribution in [2.24, 2.45) is 0 Å². The number of pyridine rings is 1. The number of rotatable bonds is 12. The Kier molecular flexibility index (Phi) is 10.4. The average Bonchev–Trinajstić information content (AvgIpc) is 2.75. The Morgan fingerprint density at radius 1 is 1.16 bits per heavy atom. The van der Waals surface area contributed by atoms with E-state index in [0.717, 1.165) is 36.4 Å². The second-order valence-corrected chi connectivity index (χ2v) is 8.84. The quantitative estimate of drug-likeness (QED) is 0.432. The smallest absolute Gasteiger partial charge is 0.407 e. The summed E-state index contributed by atoms with van der Waals surface area (Å²) >= 11 is 0. The van der Waals surface area contributed by atoms with Crippen molar-refractivity contribution < 1.29 is 19.4 Å². The van der Waals surface area contributed by atoms with Crippen LogP contribution in [0.1, 0.15) is 51.8 Å². The molecular weight excluding hydrogens is 406 g/mol. The van der Waals surface area contributed by atoms with Crippen molar-refractivity contribution in [1.82, 2.24) is 15.6 Å². The number of nitrogens with one attached hydrogen (secondary N) is 2. The fourth-order valence-electron chi connectivity index (χ4n) is 3.05. The minimum atomic E-state index is -0.751. The van der Waals surface area contributed by atoms with E-state index in [4.69, 9.17) is 9.47 Å². The summed E-state index contributed by atoms with van der Waals surface area (Å²) in [5, 5.41) is 16.8. The maximum Gasteiger partial charge on any atom is 0.407 e. The first-order valence-corrected chi connectivity index (χ1v) is 11.3. The van der Waals surface area contributed by atoms with Crippen LogP contribution in [0.5, 0.6) is 5.75 Å². The van der Waals surface area contributed by atoms with E-state index in [-0.39, 0.29) is 0 Å². The van der Waals surface area contributed by atoms with Crippen molar-refractivity contribution in [3.63, 3.8) is 0 Å². The molecule has 0 unspecified atom stereocenters. The first kappa shape index (κ1) is 25.6. The van der Waals surface area contributed by atoms with Crippen LogP contribution in [0.3, 0.4) is 0 Å². The number of benzene rings is 1. The molecule has 7 nitrogen and oxygen atoms in total. The molecular formula is C25H37N3O4. The maximum absolute atomic E-state index is 12.3. The molecule has 0 spiro atoms. The monoisotopic (exact) mass is 443 g/mol. The highest BCUT2D eigenvalue weighted by Crippen LogP contribution is 2.16. The third-order valence-electron chi connectivity index (χ3n) is 4.72. The zero-order chi connectivity index (χ0) is 23.4. The van der Waals surface area contributed by atoms with Crippen LogP contribution < -0.4 is 15.4 Å². The van der Waals surface area contributed by atoms with Gasteiger partial charge in [-0.3, -0.25) is 4.98 Å². The van der Waals surface area contributed by atoms with E-state index in [1.807, 2.05) is 63.2 Å². The highest BCUT2D eigenvalue weighted by Gasteiger charge is 2.25. The number of unbranched alkanes of at least 4 members (excludes halogenated alkanes) is 1. The lowest BCUT2D eigenvalue weighted by molar-refractivity contribution is 0.0422. The van der Waals surface area contributed by atoms with Gasteiger partial charge in [0.05, 0.1) is 17.8 Å². The summed E-state index contributed by atoms with van der Waals surface area (Å²) in [5.41, 5.74) is 1.23. The van der Waals surface area contributed by atoms with Crippen LogP contribution in [0.15, 0.2) is 48.7 Å². The lowest BCUT2D eigenvalue weighted by atomic mass is 10.0. The van der Waals surface area contributed by atoms with Crippen LogP contribution in [-0.2, 0) is 17.8 Å². The minimum absolute atomic E-state index is 0.394. The van der Waals surface area contributed by atoms with Gasteiger partial charge in [0.1, 0.15) is 18.0 Å². The summed E-state index contributed by atoms with van der Waals surface area (Å²) < 4.78 is 11.2. The second kappa shape index (κ2) is 13.0. The van der Waals surface area contributed by atoms with Gasteiger partial charge in [0.25, 0.3) is 0 Å². The van der Waals surface area contributed by atoms with E-state index in [1.165, 1.54) is 0 Å². The molecule has 176 valence electrons. The number of aliphatic hydroxyl groups excluding tert-OH is 1. The SMILES string of the molecule is CCCCNC[C@@H](O)[C@H](Cc1ccc(OCc2ccccn2)cc1)NC(=O)OC(C)(C)C. The molecule has 0 saturated heterocycles. The molecule has 32 heavy (non-hydrogen) atoms. The third-order valence-corrected chi connectivity index (χ3v) is 4.72. The predicted molar refractivity (Wildman–Crippen MR) is 126 cm³/mol. The third kappa shape index (κ3) is 10.1. The standard InChI is InChI=1S/C25H37N3O4/c1-5-6-14-26-17-23(29)22(28-24(30)32-25(2,3)4)16-19-10-12-21(13-11-19)31-18-20-9-7-8-15-27-20/h7-13,15,22-23,26,29H,5-6,14,16-18H2,1-4H3,(H,28,30)/t22-,23+/m0/s1. The van der Waals surface area contributed by atoms with Crippen molar-refractivity contribution in [3.05, 3.63) is 59.9 Å². The zero-order valence-electron chi connectivity index (χ0n) is 19.6. The Bertz CT molecular complexity index is 791. The first-order valence-electron chi connectivity index (χ1n) is 11.3. The van der Waals surface area contributed by atoms with Gasteiger partial charge < -0.3 is 25.2 Å². The van der Waals surface area contributed by atoms with E-state index in [1.54, 1.807) is 6.20 Å². The van der Waals surface area contributed by atoms with Crippen molar-refractivity contribution >= 4 is 6.09 Å². The number of alkyl carbamates (subject to hydrolysis) is 1. The van der Waals surface area contributed by atoms with Gasteiger partial charge >= 0.3 is 6.09 Å². The molecule has 7 heteroatoms. The molecule has 3 N–H and O–H groups in total. The van der Waals surface area contributed by atoms with Gasteiger partial charge in [0.2, 0.25) is 0 Å². The lowest BCUT2D eigenvalue weighted by Gasteiger charge is -2.27. The van der Waals surface area contributed by atoms with Gasteiger partial charge in [-0.1, -0.05) is 31.5 Å². The molecule has 0 aliphatic heterocycles. The van der Waals surface area contributed by atoms with Gasteiger partial charge in [0.15, 0.2) is 0 Å². The number of hydrogen-bond acceptors (Lipinski definition) is 6. The van der Waals surface area contributed by atoms with E-state index < -0.39 is 23.8 Å². The summed E-state index contributed by atoms with van der Waals surface area (Å²) in [6, 6.07) is 12.9. The largest absolute Gasteiger partial charge is 0.487 e. The summed E-state index contributed by atoms with van der Waals surface area (Å²) in [6.45, 7) is 9.18. The molecule has 1 amide bonds. The van der Waals surface area contributed by atoms with Crippen molar-refractivity contribution in [1.29, 1.82) is 0 Å². The lowest BCUT2D eigenvalue weighted by Crippen LogP contribution is -2.50. The van der Waals surface area contributed by atoms with Crippen LogP contribution in [0, 0.1) is 0 Å². The maximum atomic E-state index is 12.3. The Labute approximate surface area is 191 Å². The molecule has 1 heterocycles. The summed E-state index contributed by atoms with van der Waals surface area (Å²) in [4.78, 5) is 16.6. The topological polar surface area (TPSA) is 92.7 Å². The van der Waals surface area contributed by atoms with E-state index >= 15 is 0 Å². The van der Waals surface area contributed by atoms with Crippen molar-refractivity contribution in [2.75, 3.05) is 13.1 Å². The molecule has 2 aromatic rings. The van der Waals surface area contributed by atoms with E-state index in [9.17, 15) is 9.90 Å². The number of aromatic nitrogens is 1. The average molecular weight is 444 g/mol. The second-order valence-electron chi connectivity index (χ2n) is 8.84. The normalized spacial score (nSPS) is 13.3. The molecule has 0 bridgehead atoms. The molecule has 2 atom stereocenters. The van der Waals surface area contributed by atoms with Gasteiger partial charge in [-0.15, -0.1) is 0 Å². The van der Waals surface area contributed by atoms with Gasteiger partial charge in [0, 0.05) is 12.7 Å². The molecule has 0 aliphatic carbocycles. The summed E-state index contributed by atoms with van der Waals surface area (Å²) in [5.74, 6) is 0.734. The molecule has 2 rings (SSSR count). The number of ether oxygens (including phenoxy) is 2. The number of hydrogen-bond donors (Lipinski definition) is 3. The molecule has 1 aromatic carbocycles. The van der Waals surface area contributed by atoms with Crippen LogP contribution in [0.2, 0.25) is 0 Å². The summed E-state index contributed by atoms with van der Waals surface area (Å²) in [7, 11) is 0. The Balaban J connectivity index is 1.97. The van der Waals surface area contributed by atoms with Gasteiger partial charge in [-0.25, -0.2) is 4.79 Å². The predicted octanol–water partition coefficient (Wildman–Crippen LogP) is 3.85. The van der Waals surface area contributed by atoms with Gasteiger partial charge in [-0.05, 0) is 70.0 Å². The highest BCUT2D eigenvalue weighted by atomic mass is 16.6. The van der Waals surface area contributed by atoms with Crippen LogP contribution in [0.25, 0.3) is 0 Å². The molecule has 0 aliphatic rings. The fourth-order valence-corrected chi connectivity index (χ4v) is 3.05. The number of nitrogens with zero attached hydrogens (tertiary/aromatic N) is 1. The zero-order valence-corrected chi connectivity index (χ0v) is 19.6. The Morgan fingerprint density at radius 2 is 1.91 bits per heavy atom. The van der Waals surface area contributed by atoms with E-state index in [2.05, 4.69) is 22.5 Å². The van der Waals surface area contributed by atoms with Gasteiger partial charge in [-0.2, -0.15) is 0 Å². The number of aliphatic hydroxyl groups is 1. The number of carbonyl (C=O) groups excluding carboxylic acids is 1. The Hall–Kier alpha value is -2.64. The number of amides is 1. The summed E-state index contributed by atoms with van der Waals surface area (Å²) in [6.07, 6.45) is 3.04. The van der Waals surface area contributed by atoms with Crippen LogP contribution in [-0.4, -0.2) is 47.0 Å². The van der Waals surface area contributed by atoms with Crippen LogP contribution >= 0.6 is 0 Å². The Morgan fingerprint density at radius 3 is 2.53 bits per heavy atom. The van der Waals surface area contributed by atoms with Crippen LogP contribution in [0.4, 0.5) is 4.79 Å². The molecule has 0 fully saturated rings. The van der Waals surface area contributed by atoms with E-state index in [0.29, 0.717) is 19.6 Å². The molecule has 0 radical (unpaired) electrons. The molecule has 1 aromatic heterocycles.